The van der Waals surface area contributed by atoms with Crippen LogP contribution in [-0.2, 0) is 0 Å². The third kappa shape index (κ3) is 5.51. The van der Waals surface area contributed by atoms with Crippen LogP contribution in [0, 0.1) is 0 Å². The molecule has 0 bridgehead atoms. The van der Waals surface area contributed by atoms with Gasteiger partial charge in [-0.3, -0.25) is 0 Å². The average Bonchev–Trinajstić information content (AvgIpc) is 2.31. The molecule has 0 saturated carbocycles. The summed E-state index contributed by atoms with van der Waals surface area (Å²) in [5, 5.41) is 0. The number of hydrogen-bond acceptors (Lipinski definition) is 2. The molecule has 1 aromatic carbocycles. The number of rotatable bonds is 4. The zero-order valence-electron chi connectivity index (χ0n) is 12.2. The van der Waals surface area contributed by atoms with Gasteiger partial charge in [-0.1, -0.05) is 15.9 Å². The number of guanidine groups is 1. The van der Waals surface area contributed by atoms with Gasteiger partial charge in [0.2, 0.25) is 0 Å². The van der Waals surface area contributed by atoms with Crippen LogP contribution in [0.3, 0.4) is 0 Å². The van der Waals surface area contributed by atoms with E-state index in [1.807, 2.05) is 69.2 Å². The molecule has 1 unspecified atom stereocenters. The van der Waals surface area contributed by atoms with Crippen molar-refractivity contribution < 1.29 is 4.74 Å². The lowest BCUT2D eigenvalue weighted by molar-refractivity contribution is 0.229. The quantitative estimate of drug-likeness (QED) is 0.628. The molecule has 0 aliphatic rings. The topological polar surface area (TPSA) is 28.1 Å². The first-order chi connectivity index (χ1) is 8.90. The summed E-state index contributed by atoms with van der Waals surface area (Å²) in [6, 6.07) is 7.83. The number of nitrogens with zero attached hydrogens (tertiary/aromatic N) is 3. The van der Waals surface area contributed by atoms with Crippen molar-refractivity contribution in [2.45, 2.75) is 13.0 Å². The Morgan fingerprint density at radius 1 is 1.16 bits per heavy atom. The zero-order valence-corrected chi connectivity index (χ0v) is 13.8. The first kappa shape index (κ1) is 15.8. The van der Waals surface area contributed by atoms with E-state index in [0.29, 0.717) is 6.54 Å². The van der Waals surface area contributed by atoms with Crippen LogP contribution in [0.4, 0.5) is 0 Å². The maximum absolute atomic E-state index is 5.81. The van der Waals surface area contributed by atoms with Crippen LogP contribution in [-0.4, -0.2) is 56.6 Å². The minimum atomic E-state index is 0.0380. The van der Waals surface area contributed by atoms with E-state index in [1.165, 1.54) is 0 Å². The van der Waals surface area contributed by atoms with Crippen molar-refractivity contribution in [1.29, 1.82) is 0 Å². The fraction of sp³-hybridized carbons (Fsp3) is 0.500. The normalized spacial score (nSPS) is 11.7. The maximum Gasteiger partial charge on any atom is 0.195 e. The SMILES string of the molecule is CC(CN=C(N(C)C)N(C)C)Oc1ccc(Br)cc1. The molecular formula is C14H22BrN3O. The molecule has 1 atom stereocenters. The molecule has 0 N–H and O–H groups in total. The van der Waals surface area contributed by atoms with Crippen molar-refractivity contribution >= 4 is 21.9 Å². The van der Waals surface area contributed by atoms with E-state index in [4.69, 9.17) is 4.74 Å². The van der Waals surface area contributed by atoms with Crippen LogP contribution in [0.2, 0.25) is 0 Å². The summed E-state index contributed by atoms with van der Waals surface area (Å²) in [5.41, 5.74) is 0. The second-order valence-electron chi connectivity index (χ2n) is 4.81. The van der Waals surface area contributed by atoms with E-state index in [9.17, 15) is 0 Å². The summed E-state index contributed by atoms with van der Waals surface area (Å²) in [6.45, 7) is 2.65. The predicted octanol–water partition coefficient (Wildman–Crippen LogP) is 2.70. The van der Waals surface area contributed by atoms with E-state index in [1.54, 1.807) is 0 Å². The van der Waals surface area contributed by atoms with Gasteiger partial charge in [-0.25, -0.2) is 4.99 Å². The summed E-state index contributed by atoms with van der Waals surface area (Å²) in [7, 11) is 7.94. The van der Waals surface area contributed by atoms with Gasteiger partial charge >= 0.3 is 0 Å². The Labute approximate surface area is 124 Å². The second kappa shape index (κ2) is 7.38. The van der Waals surface area contributed by atoms with Gasteiger partial charge in [0.15, 0.2) is 5.96 Å². The molecule has 19 heavy (non-hydrogen) atoms. The molecule has 1 rings (SSSR count). The van der Waals surface area contributed by atoms with E-state index in [2.05, 4.69) is 20.9 Å². The number of ether oxygens (including phenoxy) is 1. The molecule has 0 fully saturated rings. The molecule has 0 aromatic heterocycles. The van der Waals surface area contributed by atoms with Gasteiger partial charge in [0.1, 0.15) is 11.9 Å². The van der Waals surface area contributed by atoms with Gasteiger partial charge in [-0.2, -0.15) is 0 Å². The zero-order chi connectivity index (χ0) is 14.4. The minimum absolute atomic E-state index is 0.0380. The van der Waals surface area contributed by atoms with Crippen LogP contribution in [0.15, 0.2) is 33.7 Å². The van der Waals surface area contributed by atoms with E-state index in [-0.39, 0.29) is 6.10 Å². The average molecular weight is 328 g/mol. The molecule has 0 aliphatic carbocycles. The number of benzene rings is 1. The molecular weight excluding hydrogens is 306 g/mol. The van der Waals surface area contributed by atoms with Crippen LogP contribution in [0.25, 0.3) is 0 Å². The molecule has 5 heteroatoms. The van der Waals surface area contributed by atoms with Gasteiger partial charge < -0.3 is 14.5 Å². The second-order valence-corrected chi connectivity index (χ2v) is 5.73. The fourth-order valence-corrected chi connectivity index (χ4v) is 1.94. The molecule has 0 saturated heterocycles. The number of halogens is 1. The molecule has 1 aromatic rings. The Morgan fingerprint density at radius 3 is 2.16 bits per heavy atom. The molecule has 106 valence electrons. The Morgan fingerprint density at radius 2 is 1.68 bits per heavy atom. The molecule has 0 heterocycles. The number of hydrogen-bond donors (Lipinski definition) is 0. The maximum atomic E-state index is 5.81. The largest absolute Gasteiger partial charge is 0.489 e. The van der Waals surface area contributed by atoms with Crippen molar-refractivity contribution in [2.24, 2.45) is 4.99 Å². The Kier molecular flexibility index (Phi) is 6.15. The highest BCUT2D eigenvalue weighted by molar-refractivity contribution is 9.10. The van der Waals surface area contributed by atoms with E-state index in [0.717, 1.165) is 16.2 Å². The highest BCUT2D eigenvalue weighted by Crippen LogP contribution is 2.17. The molecule has 0 aliphatic heterocycles. The van der Waals surface area contributed by atoms with Crippen molar-refractivity contribution in [3.05, 3.63) is 28.7 Å². The van der Waals surface area contributed by atoms with Gasteiger partial charge in [0.25, 0.3) is 0 Å². The number of aliphatic imine (C=N–C) groups is 1. The minimum Gasteiger partial charge on any atom is -0.489 e. The lowest BCUT2D eigenvalue weighted by Gasteiger charge is -2.23. The first-order valence-corrected chi connectivity index (χ1v) is 7.00. The van der Waals surface area contributed by atoms with Crippen molar-refractivity contribution in [2.75, 3.05) is 34.7 Å². The smallest absolute Gasteiger partial charge is 0.195 e. The lowest BCUT2D eigenvalue weighted by Crippen LogP contribution is -2.36. The van der Waals surface area contributed by atoms with Gasteiger partial charge in [0, 0.05) is 32.7 Å². The van der Waals surface area contributed by atoms with Crippen LogP contribution in [0.1, 0.15) is 6.92 Å². The summed E-state index contributed by atoms with van der Waals surface area (Å²) < 4.78 is 6.86. The van der Waals surface area contributed by atoms with Crippen molar-refractivity contribution in [3.8, 4) is 5.75 Å². The highest BCUT2D eigenvalue weighted by atomic mass is 79.9. The summed E-state index contributed by atoms with van der Waals surface area (Å²) in [4.78, 5) is 8.56. The van der Waals surface area contributed by atoms with Gasteiger partial charge in [0.05, 0.1) is 6.54 Å². The first-order valence-electron chi connectivity index (χ1n) is 6.21. The molecule has 0 spiro atoms. The van der Waals surface area contributed by atoms with E-state index >= 15 is 0 Å². The monoisotopic (exact) mass is 327 g/mol. The third-order valence-corrected chi connectivity index (χ3v) is 2.97. The third-order valence-electron chi connectivity index (χ3n) is 2.44. The Bertz CT molecular complexity index is 405. The summed E-state index contributed by atoms with van der Waals surface area (Å²) >= 11 is 3.40. The predicted molar refractivity (Wildman–Crippen MR) is 83.9 cm³/mol. The van der Waals surface area contributed by atoms with Crippen molar-refractivity contribution in [3.63, 3.8) is 0 Å². The molecule has 0 radical (unpaired) electrons. The lowest BCUT2D eigenvalue weighted by atomic mass is 10.3. The summed E-state index contributed by atoms with van der Waals surface area (Å²) in [5.74, 6) is 1.80. The highest BCUT2D eigenvalue weighted by Gasteiger charge is 2.07. The Hall–Kier alpha value is -1.23. The van der Waals surface area contributed by atoms with E-state index < -0.39 is 0 Å². The van der Waals surface area contributed by atoms with Gasteiger partial charge in [-0.05, 0) is 31.2 Å². The Balaban J connectivity index is 2.57. The standard InChI is InChI=1S/C14H22BrN3O/c1-11(10-16-14(17(2)3)18(4)5)19-13-8-6-12(15)7-9-13/h6-9,11H,10H2,1-5H3. The van der Waals surface area contributed by atoms with Crippen molar-refractivity contribution in [1.82, 2.24) is 9.80 Å². The van der Waals surface area contributed by atoms with Crippen LogP contribution in [0.5, 0.6) is 5.75 Å². The summed E-state index contributed by atoms with van der Waals surface area (Å²) in [6.07, 6.45) is 0.0380. The molecule has 0 amide bonds. The van der Waals surface area contributed by atoms with Gasteiger partial charge in [-0.15, -0.1) is 0 Å². The van der Waals surface area contributed by atoms with Crippen LogP contribution >= 0.6 is 15.9 Å². The van der Waals surface area contributed by atoms with Crippen LogP contribution < -0.4 is 4.74 Å². The molecule has 4 nitrogen and oxygen atoms in total. The fourth-order valence-electron chi connectivity index (χ4n) is 1.68.